The van der Waals surface area contributed by atoms with Crippen molar-refractivity contribution in [3.8, 4) is 22.4 Å². The first kappa shape index (κ1) is 13.5. The highest BCUT2D eigenvalue weighted by Crippen LogP contribution is 2.24. The summed E-state index contributed by atoms with van der Waals surface area (Å²) in [5.74, 6) is 0. The second-order valence-electron chi connectivity index (χ2n) is 4.65. The lowest BCUT2D eigenvalue weighted by molar-refractivity contribution is 0.685. The molecule has 0 aliphatic carbocycles. The van der Waals surface area contributed by atoms with Crippen molar-refractivity contribution in [2.24, 2.45) is 0 Å². The van der Waals surface area contributed by atoms with Crippen LogP contribution in [0.3, 0.4) is 0 Å². The lowest BCUT2D eigenvalue weighted by Crippen LogP contribution is -2.25. The van der Waals surface area contributed by atoms with Gasteiger partial charge in [0.05, 0.1) is 5.69 Å². The van der Waals surface area contributed by atoms with Gasteiger partial charge < -0.3 is 0 Å². The Morgan fingerprint density at radius 3 is 2.10 bits per heavy atom. The van der Waals surface area contributed by atoms with Gasteiger partial charge in [0.2, 0.25) is 0 Å². The summed E-state index contributed by atoms with van der Waals surface area (Å²) in [5, 5.41) is 0. The minimum absolute atomic E-state index is 0.0300. The summed E-state index contributed by atoms with van der Waals surface area (Å²) in [6.07, 6.45) is 1.61. The van der Waals surface area contributed by atoms with Crippen LogP contribution in [0, 0.1) is 0 Å². The van der Waals surface area contributed by atoms with Crippen LogP contribution < -0.4 is 5.46 Å². The quantitative estimate of drug-likeness (QED) is 0.659. The van der Waals surface area contributed by atoms with Crippen LogP contribution >= 0.6 is 0 Å². The van der Waals surface area contributed by atoms with Crippen LogP contribution in [-0.4, -0.2) is 12.3 Å². The predicted molar refractivity (Wildman–Crippen MR) is 82.7 cm³/mol. The molecule has 0 atom stereocenters. The van der Waals surface area contributed by atoms with Crippen molar-refractivity contribution in [1.29, 1.82) is 0 Å². The third-order valence-corrected chi connectivity index (χ3v) is 3.35. The molecule has 0 aliphatic heterocycles. The van der Waals surface area contributed by atoms with Crippen LogP contribution in [0.15, 0.2) is 72.9 Å². The summed E-state index contributed by atoms with van der Waals surface area (Å²) in [5.41, 5.74) is 2.40. The van der Waals surface area contributed by atoms with Gasteiger partial charge >= 0.3 is 7.27 Å². The molecule has 4 heteroatoms. The number of aromatic nitrogens is 1. The van der Waals surface area contributed by atoms with Gasteiger partial charge in [-0.25, -0.2) is 0 Å². The Morgan fingerprint density at radius 2 is 1.43 bits per heavy atom. The highest BCUT2D eigenvalue weighted by Gasteiger charge is 2.25. The van der Waals surface area contributed by atoms with E-state index in [9.17, 15) is 8.63 Å². The van der Waals surface area contributed by atoms with Gasteiger partial charge in [-0.1, -0.05) is 54.6 Å². The van der Waals surface area contributed by atoms with Crippen molar-refractivity contribution in [2.45, 2.75) is 0 Å². The molecule has 3 rings (SSSR count). The lowest BCUT2D eigenvalue weighted by Gasteiger charge is -2.12. The number of rotatable bonds is 3. The maximum Gasteiger partial charge on any atom is 0.573 e. The third kappa shape index (κ3) is 2.70. The molecule has 0 saturated carbocycles. The van der Waals surface area contributed by atoms with Gasteiger partial charge in [0, 0.05) is 17.2 Å². The number of benzene rings is 2. The summed E-state index contributed by atoms with van der Waals surface area (Å²) in [6, 6.07) is 19.8. The van der Waals surface area contributed by atoms with E-state index >= 15 is 0 Å². The summed E-state index contributed by atoms with van der Waals surface area (Å²) < 4.78 is 27.3. The van der Waals surface area contributed by atoms with Gasteiger partial charge in [0.15, 0.2) is 0 Å². The average molecular weight is 279 g/mol. The maximum atomic E-state index is 13.6. The summed E-state index contributed by atoms with van der Waals surface area (Å²) in [4.78, 5) is 4.19. The Kier molecular flexibility index (Phi) is 3.78. The molecule has 0 unspecified atom stereocenters. The van der Waals surface area contributed by atoms with Crippen LogP contribution in [0.2, 0.25) is 0 Å². The normalized spacial score (nSPS) is 10.4. The lowest BCUT2D eigenvalue weighted by atomic mass is 9.75. The fraction of sp³-hybridized carbons (Fsp3) is 0. The zero-order valence-corrected chi connectivity index (χ0v) is 11.2. The zero-order valence-electron chi connectivity index (χ0n) is 11.2. The van der Waals surface area contributed by atoms with Crippen molar-refractivity contribution in [3.63, 3.8) is 0 Å². The molecule has 21 heavy (non-hydrogen) atoms. The molecular formula is C17H12BF2N. The van der Waals surface area contributed by atoms with E-state index in [1.165, 1.54) is 0 Å². The Bertz CT molecular complexity index is 673. The van der Waals surface area contributed by atoms with Crippen LogP contribution in [0.25, 0.3) is 22.4 Å². The van der Waals surface area contributed by atoms with Crippen molar-refractivity contribution in [2.75, 3.05) is 0 Å². The SMILES string of the molecule is FB(F)c1c(-c2ccccc2)cccc1-c1ccccn1. The number of nitrogens with zero attached hydrogens (tertiary/aromatic N) is 1. The van der Waals surface area contributed by atoms with Gasteiger partial charge in [-0.05, 0) is 23.3 Å². The average Bonchev–Trinajstić information content (AvgIpc) is 2.55. The molecule has 102 valence electrons. The Hall–Kier alpha value is -2.49. The topological polar surface area (TPSA) is 12.9 Å². The van der Waals surface area contributed by atoms with E-state index in [1.807, 2.05) is 30.3 Å². The Morgan fingerprint density at radius 1 is 0.714 bits per heavy atom. The van der Waals surface area contributed by atoms with E-state index in [4.69, 9.17) is 0 Å². The standard InChI is InChI=1S/C17H12BF2N/c19-18(20)17-14(13-7-2-1-3-8-13)9-6-10-15(17)16-11-4-5-12-21-16/h1-12H. The third-order valence-electron chi connectivity index (χ3n) is 3.35. The minimum atomic E-state index is -2.56. The summed E-state index contributed by atoms with van der Waals surface area (Å²) >= 11 is 0. The second-order valence-corrected chi connectivity index (χ2v) is 4.65. The van der Waals surface area contributed by atoms with E-state index in [0.29, 0.717) is 16.8 Å². The molecule has 0 fully saturated rings. The van der Waals surface area contributed by atoms with Gasteiger partial charge in [-0.15, -0.1) is 0 Å². The Balaban J connectivity index is 2.24. The van der Waals surface area contributed by atoms with E-state index in [-0.39, 0.29) is 5.46 Å². The molecular weight excluding hydrogens is 267 g/mol. The molecule has 0 bridgehead atoms. The molecule has 0 saturated heterocycles. The smallest absolute Gasteiger partial charge is 0.281 e. The first-order chi connectivity index (χ1) is 10.3. The van der Waals surface area contributed by atoms with E-state index in [2.05, 4.69) is 4.98 Å². The fourth-order valence-corrected chi connectivity index (χ4v) is 2.42. The maximum absolute atomic E-state index is 13.6. The molecule has 1 nitrogen and oxygen atoms in total. The summed E-state index contributed by atoms with van der Waals surface area (Å²) in [6.45, 7) is 0. The molecule has 0 radical (unpaired) electrons. The van der Waals surface area contributed by atoms with Crippen LogP contribution in [0.5, 0.6) is 0 Å². The molecule has 1 aromatic heterocycles. The van der Waals surface area contributed by atoms with Crippen LogP contribution in [-0.2, 0) is 0 Å². The molecule has 1 heterocycles. The second kappa shape index (κ2) is 5.88. The first-order valence-electron chi connectivity index (χ1n) is 6.65. The largest absolute Gasteiger partial charge is 0.573 e. The monoisotopic (exact) mass is 279 g/mol. The molecule has 0 N–H and O–H groups in total. The number of hydrogen-bond donors (Lipinski definition) is 0. The Labute approximate surface area is 122 Å². The molecule has 0 spiro atoms. The zero-order chi connectivity index (χ0) is 14.7. The minimum Gasteiger partial charge on any atom is -0.281 e. The van der Waals surface area contributed by atoms with E-state index in [1.54, 1.807) is 42.6 Å². The highest BCUT2D eigenvalue weighted by atomic mass is 19.2. The van der Waals surface area contributed by atoms with Gasteiger partial charge in [-0.2, -0.15) is 0 Å². The van der Waals surface area contributed by atoms with Crippen molar-refractivity contribution < 1.29 is 8.63 Å². The molecule has 0 amide bonds. The highest BCUT2D eigenvalue weighted by molar-refractivity contribution is 6.63. The van der Waals surface area contributed by atoms with Crippen molar-refractivity contribution in [1.82, 2.24) is 4.98 Å². The van der Waals surface area contributed by atoms with Crippen LogP contribution in [0.1, 0.15) is 0 Å². The van der Waals surface area contributed by atoms with Crippen LogP contribution in [0.4, 0.5) is 8.63 Å². The molecule has 0 aliphatic rings. The molecule has 3 aromatic rings. The van der Waals surface area contributed by atoms with Crippen molar-refractivity contribution >= 4 is 12.7 Å². The molecule has 2 aromatic carbocycles. The van der Waals surface area contributed by atoms with Crippen molar-refractivity contribution in [3.05, 3.63) is 72.9 Å². The number of pyridine rings is 1. The fourth-order valence-electron chi connectivity index (χ4n) is 2.42. The predicted octanol–water partition coefficient (Wildman–Crippen LogP) is 4.05. The van der Waals surface area contributed by atoms with E-state index in [0.717, 1.165) is 5.56 Å². The number of halogens is 2. The first-order valence-corrected chi connectivity index (χ1v) is 6.65. The van der Waals surface area contributed by atoms with E-state index < -0.39 is 7.27 Å². The van der Waals surface area contributed by atoms with Gasteiger partial charge in [0.25, 0.3) is 0 Å². The van der Waals surface area contributed by atoms with Gasteiger partial charge in [-0.3, -0.25) is 13.6 Å². The van der Waals surface area contributed by atoms with Gasteiger partial charge in [0.1, 0.15) is 0 Å². The number of hydrogen-bond acceptors (Lipinski definition) is 1. The summed E-state index contributed by atoms with van der Waals surface area (Å²) in [7, 11) is -2.56.